The zero-order valence-electron chi connectivity index (χ0n) is 43.1. The van der Waals surface area contributed by atoms with Crippen LogP contribution in [0.1, 0.15) is 132 Å². The van der Waals surface area contributed by atoms with Crippen molar-refractivity contribution < 1.29 is 39.5 Å². The van der Waals surface area contributed by atoms with Crippen LogP contribution in [0.25, 0.3) is 33.4 Å². The van der Waals surface area contributed by atoms with Gasteiger partial charge in [0, 0.05) is 17.5 Å². The normalized spacial score (nSPS) is 12.6. The number of carbonyl (C=O) groups excluding carboxylic acids is 2. The van der Waals surface area contributed by atoms with E-state index in [1.54, 1.807) is 6.92 Å². The molecule has 2 heterocycles. The van der Waals surface area contributed by atoms with Crippen molar-refractivity contribution in [3.63, 3.8) is 0 Å². The number of esters is 2. The van der Waals surface area contributed by atoms with Crippen LogP contribution >= 0.6 is 0 Å². The minimum absolute atomic E-state index is 0.0532. The van der Waals surface area contributed by atoms with Gasteiger partial charge in [0.1, 0.15) is 69.2 Å². The number of ether oxygens (including phenoxy) is 2. The summed E-state index contributed by atoms with van der Waals surface area (Å²) in [6.45, 7) is 23.9. The molecule has 72 heavy (non-hydrogen) atoms. The summed E-state index contributed by atoms with van der Waals surface area (Å²) in [4.78, 5) is 26.7. The number of carbonyl (C=O) groups is 2. The van der Waals surface area contributed by atoms with E-state index in [9.17, 15) is 19.8 Å². The van der Waals surface area contributed by atoms with Gasteiger partial charge in [0.2, 0.25) is 0 Å². The van der Waals surface area contributed by atoms with E-state index >= 15 is 0 Å². The number of rotatable bonds is 13. The summed E-state index contributed by atoms with van der Waals surface area (Å²) in [6, 6.07) is 34.9. The average molecular weight is 975 g/mol. The van der Waals surface area contributed by atoms with Gasteiger partial charge in [-0.05, 0) is 137 Å². The number of hydrogen-bond donors (Lipinski definition) is 4. The molecule has 0 fully saturated rings. The molecule has 0 amide bonds. The van der Waals surface area contributed by atoms with Crippen LogP contribution in [0.2, 0.25) is 0 Å². The predicted octanol–water partition coefficient (Wildman–Crippen LogP) is 12.1. The predicted molar refractivity (Wildman–Crippen MR) is 279 cm³/mol. The van der Waals surface area contributed by atoms with Crippen molar-refractivity contribution >= 4 is 34.0 Å². The zero-order chi connectivity index (χ0) is 52.3. The third-order valence-electron chi connectivity index (χ3n) is 12.2. The molecule has 376 valence electrons. The first kappa shape index (κ1) is 52.1. The van der Waals surface area contributed by atoms with Crippen LogP contribution in [0, 0.1) is 10.8 Å². The Morgan fingerprint density at radius 2 is 0.861 bits per heavy atom. The molecular formula is C58H66N6O8. The van der Waals surface area contributed by atoms with Gasteiger partial charge in [-0.25, -0.2) is 9.59 Å². The fourth-order valence-corrected chi connectivity index (χ4v) is 9.46. The molecule has 0 aliphatic carbocycles. The van der Waals surface area contributed by atoms with E-state index in [-0.39, 0.29) is 57.7 Å². The van der Waals surface area contributed by atoms with Crippen LogP contribution in [-0.2, 0) is 26.7 Å². The fraction of sp³-hybridized carbons (Fsp3) is 0.345. The molecule has 8 rings (SSSR count). The number of phenols is 4. The summed E-state index contributed by atoms with van der Waals surface area (Å²) in [5.41, 5.74) is 7.77. The molecule has 14 heteroatoms. The summed E-state index contributed by atoms with van der Waals surface area (Å²) in [6.07, 6.45) is 1.49. The molecule has 6 aromatic carbocycles. The standard InChI is InChI=1S/C41H50N6O2.C17H16O6/c1-38(2,3)24-40(7,8)28-20-26(36(48)34(22-28)46-42-30-15-11-12-16-31(30)43-46)19-27-21-29(41(9,10)25-39(4,5)6)23-35(37(27)49)47-44-32-17-13-14-18-33(32)45-47;1-11(23-17(21)13-4-8-15(19)9-5-13)10-22-16(20)12-2-6-14(18)7-3-12/h11-18,20-23,48-49H,19,24-25H2,1-10H3;2-9,11,18-19H,10H2,1H3. The number of hydrogen-bond acceptors (Lipinski definition) is 12. The van der Waals surface area contributed by atoms with Crippen molar-refractivity contribution in [3.8, 4) is 34.4 Å². The highest BCUT2D eigenvalue weighted by Crippen LogP contribution is 2.43. The lowest BCUT2D eigenvalue weighted by atomic mass is 9.71. The minimum atomic E-state index is -0.627. The molecule has 8 aromatic rings. The van der Waals surface area contributed by atoms with E-state index in [4.69, 9.17) is 40.1 Å². The summed E-state index contributed by atoms with van der Waals surface area (Å²) >= 11 is 0. The molecule has 0 aliphatic rings. The molecule has 4 N–H and O–H groups in total. The first-order valence-corrected chi connectivity index (χ1v) is 24.1. The van der Waals surface area contributed by atoms with Crippen LogP contribution in [0.5, 0.6) is 23.0 Å². The lowest BCUT2D eigenvalue weighted by Crippen LogP contribution is -2.25. The van der Waals surface area contributed by atoms with Gasteiger partial charge < -0.3 is 29.9 Å². The maximum Gasteiger partial charge on any atom is 0.338 e. The third kappa shape index (κ3) is 12.8. The molecule has 0 bridgehead atoms. The molecule has 1 unspecified atom stereocenters. The zero-order valence-corrected chi connectivity index (χ0v) is 43.1. The van der Waals surface area contributed by atoms with Gasteiger partial charge in [-0.1, -0.05) is 106 Å². The Labute approximate surface area is 420 Å². The second-order valence-corrected chi connectivity index (χ2v) is 22.3. The monoisotopic (exact) mass is 974 g/mol. The highest BCUT2D eigenvalue weighted by molar-refractivity contribution is 5.90. The topological polar surface area (TPSA) is 195 Å². The highest BCUT2D eigenvalue weighted by Gasteiger charge is 2.32. The molecular weight excluding hydrogens is 909 g/mol. The van der Waals surface area contributed by atoms with E-state index in [1.807, 2.05) is 60.7 Å². The van der Waals surface area contributed by atoms with Crippen molar-refractivity contribution in [3.05, 3.63) is 155 Å². The third-order valence-corrected chi connectivity index (χ3v) is 12.2. The van der Waals surface area contributed by atoms with Crippen LogP contribution in [0.15, 0.2) is 121 Å². The first-order chi connectivity index (χ1) is 33.7. The Bertz CT molecular complexity index is 2990. The van der Waals surface area contributed by atoms with Crippen molar-refractivity contribution in [2.75, 3.05) is 6.61 Å². The summed E-state index contributed by atoms with van der Waals surface area (Å²) in [5.74, 6) is -0.872. The maximum atomic E-state index is 12.0. The van der Waals surface area contributed by atoms with E-state index in [0.717, 1.165) is 46.0 Å². The second kappa shape index (κ2) is 20.5. The Hall–Kier alpha value is -7.74. The molecule has 0 saturated heterocycles. The van der Waals surface area contributed by atoms with E-state index < -0.39 is 18.0 Å². The van der Waals surface area contributed by atoms with Gasteiger partial charge in [0.15, 0.2) is 0 Å². The molecule has 0 saturated carbocycles. The van der Waals surface area contributed by atoms with Gasteiger partial charge in [0.25, 0.3) is 0 Å². The van der Waals surface area contributed by atoms with Crippen LogP contribution in [0.4, 0.5) is 0 Å². The minimum Gasteiger partial charge on any atom is -0.508 e. The van der Waals surface area contributed by atoms with Crippen LogP contribution in [-0.4, -0.2) is 75.1 Å². The van der Waals surface area contributed by atoms with E-state index in [0.29, 0.717) is 33.6 Å². The largest absolute Gasteiger partial charge is 0.508 e. The van der Waals surface area contributed by atoms with Crippen molar-refractivity contribution in [2.45, 2.75) is 112 Å². The van der Waals surface area contributed by atoms with E-state index in [1.165, 1.54) is 58.1 Å². The van der Waals surface area contributed by atoms with Gasteiger partial charge in [-0.2, -0.15) is 0 Å². The number of nitrogens with zero attached hydrogens (tertiary/aromatic N) is 6. The summed E-state index contributed by atoms with van der Waals surface area (Å²) < 4.78 is 10.2. The average Bonchev–Trinajstić information content (AvgIpc) is 3.93. The van der Waals surface area contributed by atoms with Crippen molar-refractivity contribution in [1.82, 2.24) is 30.0 Å². The summed E-state index contributed by atoms with van der Waals surface area (Å²) in [5, 5.41) is 61.3. The van der Waals surface area contributed by atoms with Gasteiger partial charge in [0.05, 0.1) is 11.1 Å². The number of phenolic OH excluding ortho intramolecular Hbond substituents is 4. The van der Waals surface area contributed by atoms with Crippen molar-refractivity contribution in [1.29, 1.82) is 0 Å². The smallest absolute Gasteiger partial charge is 0.338 e. The number of fused-ring (bicyclic) bond motifs is 2. The SMILES string of the molecule is CC(C)(C)CC(C)(C)c1cc(Cc2cc(C(C)(C)CC(C)(C)C)cc(-n3nc4ccccc4n3)c2O)c(O)c(-n2nc3ccccc3n2)c1.CC(COC(=O)c1ccc(O)cc1)OC(=O)c1ccc(O)cc1. The Kier molecular flexibility index (Phi) is 14.9. The number of aromatic nitrogens is 6. The molecule has 14 nitrogen and oxygen atoms in total. The van der Waals surface area contributed by atoms with Gasteiger partial charge in [-0.15, -0.1) is 30.0 Å². The van der Waals surface area contributed by atoms with Crippen LogP contribution in [0.3, 0.4) is 0 Å². The summed E-state index contributed by atoms with van der Waals surface area (Å²) in [7, 11) is 0. The number of benzene rings is 6. The maximum absolute atomic E-state index is 12.0. The van der Waals surface area contributed by atoms with Gasteiger partial charge >= 0.3 is 11.9 Å². The van der Waals surface area contributed by atoms with Crippen LogP contribution < -0.4 is 0 Å². The molecule has 0 aliphatic heterocycles. The quantitative estimate of drug-likeness (QED) is 0.0800. The first-order valence-electron chi connectivity index (χ1n) is 24.1. The Morgan fingerprint density at radius 1 is 0.514 bits per heavy atom. The van der Waals surface area contributed by atoms with E-state index in [2.05, 4.69) is 81.4 Å². The molecule has 2 aromatic heterocycles. The molecule has 0 spiro atoms. The Morgan fingerprint density at radius 3 is 1.21 bits per heavy atom. The lowest BCUT2D eigenvalue weighted by Gasteiger charge is -2.34. The fourth-order valence-electron chi connectivity index (χ4n) is 9.46. The van der Waals surface area contributed by atoms with Crippen molar-refractivity contribution in [2.24, 2.45) is 10.8 Å². The second-order valence-electron chi connectivity index (χ2n) is 22.3. The molecule has 0 radical (unpaired) electrons. The Balaban J connectivity index is 0.000000277. The van der Waals surface area contributed by atoms with Gasteiger partial charge in [-0.3, -0.25) is 0 Å². The highest BCUT2D eigenvalue weighted by atomic mass is 16.6. The lowest BCUT2D eigenvalue weighted by molar-refractivity contribution is 0.00447. The molecule has 1 atom stereocenters. The number of aromatic hydroxyl groups is 4.